The Balaban J connectivity index is 2.10. The summed E-state index contributed by atoms with van der Waals surface area (Å²) in [5.74, 6) is -2.05. The molecule has 1 aliphatic rings. The number of aromatic nitrogens is 1. The van der Waals surface area contributed by atoms with Crippen LogP contribution in [0.3, 0.4) is 0 Å². The number of fused-ring (bicyclic) bond motifs is 1. The van der Waals surface area contributed by atoms with E-state index in [0.29, 0.717) is 12.8 Å². The summed E-state index contributed by atoms with van der Waals surface area (Å²) in [5.41, 5.74) is -1.92. The van der Waals surface area contributed by atoms with Crippen molar-refractivity contribution in [1.82, 2.24) is 4.98 Å². The fraction of sp³-hybridized carbons (Fsp3) is 0.222. The van der Waals surface area contributed by atoms with E-state index in [2.05, 4.69) is 4.98 Å². The van der Waals surface area contributed by atoms with Gasteiger partial charge in [0.2, 0.25) is 0 Å². The number of thiophene rings is 1. The molecule has 0 radical (unpaired) electrons. The van der Waals surface area contributed by atoms with Crippen LogP contribution in [0.25, 0.3) is 10.9 Å². The standard InChI is InChI=1S/C18H12F3NO3S/c19-18(20,21)11-3-1-2-10-12(16(24)25)14(23)15(22-13(10)11)17(5-6-17)9-4-7-26-8-9/h1-4,7-8,23H,5-6H2,(H,24,25). The molecule has 0 amide bonds. The van der Waals surface area contributed by atoms with Crippen molar-refractivity contribution in [2.45, 2.75) is 24.4 Å². The number of carboxylic acids is 1. The molecular formula is C18H12F3NO3S. The lowest BCUT2D eigenvalue weighted by molar-refractivity contribution is -0.136. The van der Waals surface area contributed by atoms with Gasteiger partial charge in [0.1, 0.15) is 5.56 Å². The lowest BCUT2D eigenvalue weighted by Gasteiger charge is -2.19. The topological polar surface area (TPSA) is 70.4 Å². The van der Waals surface area contributed by atoms with E-state index >= 15 is 0 Å². The molecule has 8 heteroatoms. The normalized spacial score (nSPS) is 16.0. The summed E-state index contributed by atoms with van der Waals surface area (Å²) in [6.07, 6.45) is -3.51. The van der Waals surface area contributed by atoms with Crippen LogP contribution in [0.4, 0.5) is 13.2 Å². The van der Waals surface area contributed by atoms with E-state index in [1.165, 1.54) is 17.4 Å². The van der Waals surface area contributed by atoms with Gasteiger partial charge in [0, 0.05) is 10.8 Å². The minimum absolute atomic E-state index is 0.00231. The van der Waals surface area contributed by atoms with E-state index in [4.69, 9.17) is 0 Å². The number of halogens is 3. The maximum Gasteiger partial charge on any atom is 0.418 e. The highest BCUT2D eigenvalue weighted by atomic mass is 32.1. The highest BCUT2D eigenvalue weighted by molar-refractivity contribution is 7.08. The number of nitrogens with zero attached hydrogens (tertiary/aromatic N) is 1. The molecule has 1 fully saturated rings. The first-order valence-electron chi connectivity index (χ1n) is 7.75. The number of carboxylic acid groups (broad SMARTS) is 1. The molecule has 134 valence electrons. The molecular weight excluding hydrogens is 367 g/mol. The van der Waals surface area contributed by atoms with Gasteiger partial charge in [0.15, 0.2) is 5.75 Å². The fourth-order valence-electron chi connectivity index (χ4n) is 3.38. The Morgan fingerprint density at radius 1 is 1.23 bits per heavy atom. The van der Waals surface area contributed by atoms with Gasteiger partial charge in [-0.05, 0) is 41.3 Å². The van der Waals surface area contributed by atoms with Crippen molar-refractivity contribution in [3.05, 3.63) is 57.4 Å². The number of aromatic carboxylic acids is 1. The van der Waals surface area contributed by atoms with Crippen LogP contribution in [-0.2, 0) is 11.6 Å². The molecule has 1 saturated carbocycles. The van der Waals surface area contributed by atoms with E-state index in [9.17, 15) is 28.2 Å². The average Bonchev–Trinajstić information content (AvgIpc) is 3.17. The van der Waals surface area contributed by atoms with Crippen LogP contribution in [0, 0.1) is 0 Å². The third kappa shape index (κ3) is 2.36. The second kappa shape index (κ2) is 5.44. The molecule has 4 rings (SSSR count). The summed E-state index contributed by atoms with van der Waals surface area (Å²) >= 11 is 1.42. The smallest absolute Gasteiger partial charge is 0.418 e. The quantitative estimate of drug-likeness (QED) is 0.686. The van der Waals surface area contributed by atoms with E-state index in [1.807, 2.05) is 16.8 Å². The first-order valence-corrected chi connectivity index (χ1v) is 8.69. The van der Waals surface area contributed by atoms with Gasteiger partial charge in [-0.1, -0.05) is 12.1 Å². The van der Waals surface area contributed by atoms with E-state index in [-0.39, 0.29) is 11.1 Å². The maximum atomic E-state index is 13.4. The molecule has 0 atom stereocenters. The number of alkyl halides is 3. The van der Waals surface area contributed by atoms with Crippen molar-refractivity contribution in [3.63, 3.8) is 0 Å². The second-order valence-electron chi connectivity index (χ2n) is 6.28. The predicted molar refractivity (Wildman–Crippen MR) is 89.7 cm³/mol. The molecule has 0 spiro atoms. The summed E-state index contributed by atoms with van der Waals surface area (Å²) < 4.78 is 40.3. The third-order valence-electron chi connectivity index (χ3n) is 4.79. The van der Waals surface area contributed by atoms with Gasteiger partial charge in [0.25, 0.3) is 0 Å². The number of benzene rings is 1. The van der Waals surface area contributed by atoms with Crippen molar-refractivity contribution < 1.29 is 28.2 Å². The number of aromatic hydroxyl groups is 1. The molecule has 26 heavy (non-hydrogen) atoms. The summed E-state index contributed by atoms with van der Waals surface area (Å²) in [6, 6.07) is 5.03. The van der Waals surface area contributed by atoms with Crippen LogP contribution in [0.15, 0.2) is 35.0 Å². The zero-order valence-electron chi connectivity index (χ0n) is 13.2. The van der Waals surface area contributed by atoms with Crippen LogP contribution in [0.5, 0.6) is 5.75 Å². The molecule has 3 aromatic rings. The van der Waals surface area contributed by atoms with Crippen LogP contribution < -0.4 is 0 Å². The lowest BCUT2D eigenvalue weighted by Crippen LogP contribution is -2.15. The summed E-state index contributed by atoms with van der Waals surface area (Å²) in [5, 5.41) is 23.6. The number of para-hydroxylation sites is 1. The Kier molecular flexibility index (Phi) is 3.52. The van der Waals surface area contributed by atoms with Gasteiger partial charge in [-0.15, -0.1) is 0 Å². The molecule has 4 nitrogen and oxygen atoms in total. The van der Waals surface area contributed by atoms with Gasteiger partial charge in [0.05, 0.1) is 16.8 Å². The van der Waals surface area contributed by atoms with Gasteiger partial charge in [-0.2, -0.15) is 24.5 Å². The largest absolute Gasteiger partial charge is 0.505 e. The summed E-state index contributed by atoms with van der Waals surface area (Å²) in [6.45, 7) is 0. The van der Waals surface area contributed by atoms with E-state index in [0.717, 1.165) is 17.7 Å². The van der Waals surface area contributed by atoms with Crippen LogP contribution in [0.2, 0.25) is 0 Å². The Bertz CT molecular complexity index is 1020. The fourth-order valence-corrected chi connectivity index (χ4v) is 4.13. The first kappa shape index (κ1) is 16.8. The van der Waals surface area contributed by atoms with Gasteiger partial charge in [-0.25, -0.2) is 9.78 Å². The van der Waals surface area contributed by atoms with Crippen molar-refractivity contribution in [1.29, 1.82) is 0 Å². The highest BCUT2D eigenvalue weighted by Gasteiger charge is 2.50. The Morgan fingerprint density at radius 2 is 1.96 bits per heavy atom. The molecule has 2 heterocycles. The number of carbonyl (C=O) groups is 1. The zero-order valence-corrected chi connectivity index (χ0v) is 14.0. The van der Waals surface area contributed by atoms with Crippen molar-refractivity contribution >= 4 is 28.2 Å². The summed E-state index contributed by atoms with van der Waals surface area (Å²) in [4.78, 5) is 15.9. The maximum absolute atomic E-state index is 13.4. The highest BCUT2D eigenvalue weighted by Crippen LogP contribution is 2.56. The zero-order chi connectivity index (χ0) is 18.7. The average molecular weight is 379 g/mol. The van der Waals surface area contributed by atoms with Crippen LogP contribution in [-0.4, -0.2) is 21.2 Å². The molecule has 2 N–H and O–H groups in total. The van der Waals surface area contributed by atoms with Gasteiger partial charge in [-0.3, -0.25) is 0 Å². The summed E-state index contributed by atoms with van der Waals surface area (Å²) in [7, 11) is 0. The molecule has 0 aliphatic heterocycles. The first-order chi connectivity index (χ1) is 12.3. The molecule has 0 unspecified atom stereocenters. The molecule has 0 bridgehead atoms. The van der Waals surface area contributed by atoms with Crippen molar-refractivity contribution in [2.75, 3.05) is 0 Å². The number of hydrogen-bond acceptors (Lipinski definition) is 4. The van der Waals surface area contributed by atoms with Gasteiger partial charge >= 0.3 is 12.1 Å². The Labute approximate surface area is 149 Å². The minimum atomic E-state index is -4.68. The number of rotatable bonds is 3. The molecule has 1 aliphatic carbocycles. The Morgan fingerprint density at radius 3 is 2.50 bits per heavy atom. The van der Waals surface area contributed by atoms with Crippen LogP contribution >= 0.6 is 11.3 Å². The van der Waals surface area contributed by atoms with Gasteiger partial charge < -0.3 is 10.2 Å². The van der Waals surface area contributed by atoms with E-state index in [1.54, 1.807) is 0 Å². The predicted octanol–water partition coefficient (Wildman–Crippen LogP) is 4.80. The monoisotopic (exact) mass is 379 g/mol. The molecule has 0 saturated heterocycles. The third-order valence-corrected chi connectivity index (χ3v) is 5.47. The Hall–Kier alpha value is -2.61. The minimum Gasteiger partial charge on any atom is -0.505 e. The second-order valence-corrected chi connectivity index (χ2v) is 7.06. The molecule has 1 aromatic carbocycles. The van der Waals surface area contributed by atoms with E-state index < -0.39 is 40.0 Å². The van der Waals surface area contributed by atoms with Crippen molar-refractivity contribution in [2.24, 2.45) is 0 Å². The number of hydrogen-bond donors (Lipinski definition) is 2. The molecule has 2 aromatic heterocycles. The lowest BCUT2D eigenvalue weighted by atomic mass is 9.90. The van der Waals surface area contributed by atoms with Crippen molar-refractivity contribution in [3.8, 4) is 5.75 Å². The van der Waals surface area contributed by atoms with Crippen LogP contribution in [0.1, 0.15) is 40.0 Å². The number of pyridine rings is 1. The SMILES string of the molecule is O=C(O)c1c(O)c(C2(c3ccsc3)CC2)nc2c(C(F)(F)F)cccc12.